The van der Waals surface area contributed by atoms with E-state index in [1.54, 1.807) is 49.4 Å². The summed E-state index contributed by atoms with van der Waals surface area (Å²) >= 11 is 0. The van der Waals surface area contributed by atoms with Crippen molar-refractivity contribution in [3.05, 3.63) is 104 Å². The zero-order valence-corrected chi connectivity index (χ0v) is 19.8. The Bertz CT molecular complexity index is 1920. The number of aromatic amines is 2. The normalized spacial score (nSPS) is 11.3. The molecule has 0 aliphatic carbocycles. The van der Waals surface area contributed by atoms with Crippen LogP contribution >= 0.6 is 0 Å². The van der Waals surface area contributed by atoms with E-state index in [1.165, 1.54) is 0 Å². The molecule has 7 aromatic rings. The van der Waals surface area contributed by atoms with Crippen LogP contribution in [-0.2, 0) is 0 Å². The number of benzene rings is 1. The van der Waals surface area contributed by atoms with Crippen LogP contribution in [0, 0.1) is 0 Å². The van der Waals surface area contributed by atoms with E-state index in [4.69, 9.17) is 4.42 Å². The van der Waals surface area contributed by atoms with Crippen LogP contribution in [0.1, 0.15) is 10.4 Å². The second-order valence-electron chi connectivity index (χ2n) is 8.79. The van der Waals surface area contributed by atoms with Crippen molar-refractivity contribution >= 4 is 33.4 Å². The summed E-state index contributed by atoms with van der Waals surface area (Å²) in [6, 6.07) is 18.7. The van der Waals surface area contributed by atoms with Crippen molar-refractivity contribution in [2.24, 2.45) is 0 Å². The Hall–Kier alpha value is -5.57. The second-order valence-corrected chi connectivity index (χ2v) is 8.79. The smallest absolute Gasteiger partial charge is 0.255 e. The van der Waals surface area contributed by atoms with Gasteiger partial charge in [0.15, 0.2) is 0 Å². The molecule has 0 saturated heterocycles. The molecule has 9 heteroatoms. The van der Waals surface area contributed by atoms with Gasteiger partial charge in [-0.3, -0.25) is 24.8 Å². The molecular weight excluding hydrogens is 478 g/mol. The number of hydrogen-bond donors (Lipinski definition) is 3. The quantitative estimate of drug-likeness (QED) is 0.265. The highest BCUT2D eigenvalue weighted by Gasteiger charge is 2.16. The SMILES string of the molecule is O=C(Nc1cncc(-c2cc3c(-c4cc5c(-c6ccoc6)nccc5[nH]4)n[nH]c3cn2)c1)c1ccccc1. The van der Waals surface area contributed by atoms with Gasteiger partial charge in [-0.25, -0.2) is 0 Å². The number of carbonyl (C=O) groups excluding carboxylic acids is 1. The number of rotatable bonds is 5. The first kappa shape index (κ1) is 21.7. The van der Waals surface area contributed by atoms with Crippen molar-refractivity contribution in [1.29, 1.82) is 0 Å². The lowest BCUT2D eigenvalue weighted by molar-refractivity contribution is 0.102. The maximum Gasteiger partial charge on any atom is 0.255 e. The monoisotopic (exact) mass is 497 g/mol. The molecule has 9 nitrogen and oxygen atoms in total. The molecule has 0 spiro atoms. The van der Waals surface area contributed by atoms with Gasteiger partial charge in [0, 0.05) is 45.4 Å². The summed E-state index contributed by atoms with van der Waals surface area (Å²) in [6.45, 7) is 0. The van der Waals surface area contributed by atoms with Gasteiger partial charge < -0.3 is 14.7 Å². The molecular formula is C29H19N7O2. The van der Waals surface area contributed by atoms with E-state index in [0.29, 0.717) is 16.9 Å². The fourth-order valence-corrected chi connectivity index (χ4v) is 4.53. The number of furan rings is 1. The van der Waals surface area contributed by atoms with Crippen molar-refractivity contribution in [3.63, 3.8) is 0 Å². The number of amides is 1. The fourth-order valence-electron chi connectivity index (χ4n) is 4.53. The molecule has 0 aliphatic rings. The predicted octanol–water partition coefficient (Wildman–Crippen LogP) is 6.08. The minimum Gasteiger partial charge on any atom is -0.472 e. The van der Waals surface area contributed by atoms with Gasteiger partial charge in [-0.15, -0.1) is 0 Å². The number of hydrogen-bond acceptors (Lipinski definition) is 6. The summed E-state index contributed by atoms with van der Waals surface area (Å²) in [7, 11) is 0. The molecule has 6 heterocycles. The molecule has 1 amide bonds. The number of H-pyrrole nitrogens is 2. The van der Waals surface area contributed by atoms with Crippen LogP contribution in [0.4, 0.5) is 5.69 Å². The van der Waals surface area contributed by atoms with Crippen LogP contribution in [0.15, 0.2) is 102 Å². The fraction of sp³-hybridized carbons (Fsp3) is 0. The molecule has 7 rings (SSSR count). The minimum absolute atomic E-state index is 0.201. The molecule has 0 fully saturated rings. The maximum absolute atomic E-state index is 12.6. The zero-order chi connectivity index (χ0) is 25.5. The molecule has 6 aromatic heterocycles. The second kappa shape index (κ2) is 8.82. The first-order valence-electron chi connectivity index (χ1n) is 11.9. The number of nitrogens with zero attached hydrogens (tertiary/aromatic N) is 4. The lowest BCUT2D eigenvalue weighted by atomic mass is 10.1. The lowest BCUT2D eigenvalue weighted by Gasteiger charge is -2.07. The summed E-state index contributed by atoms with van der Waals surface area (Å²) in [5, 5.41) is 12.4. The number of carbonyl (C=O) groups is 1. The maximum atomic E-state index is 12.6. The highest BCUT2D eigenvalue weighted by molar-refractivity contribution is 6.04. The Labute approximate surface area is 215 Å². The number of nitrogens with one attached hydrogen (secondary N) is 3. The highest BCUT2D eigenvalue weighted by atomic mass is 16.3. The Morgan fingerprint density at radius 3 is 2.61 bits per heavy atom. The molecule has 0 bridgehead atoms. The van der Waals surface area contributed by atoms with E-state index < -0.39 is 0 Å². The van der Waals surface area contributed by atoms with Crippen LogP contribution in [0.5, 0.6) is 0 Å². The number of anilines is 1. The van der Waals surface area contributed by atoms with Gasteiger partial charge in [0.05, 0.1) is 53.2 Å². The zero-order valence-electron chi connectivity index (χ0n) is 19.8. The van der Waals surface area contributed by atoms with Gasteiger partial charge in [-0.1, -0.05) is 18.2 Å². The molecule has 182 valence electrons. The average molecular weight is 498 g/mol. The van der Waals surface area contributed by atoms with Crippen molar-refractivity contribution in [3.8, 4) is 33.9 Å². The first-order chi connectivity index (χ1) is 18.7. The molecule has 0 atom stereocenters. The van der Waals surface area contributed by atoms with Gasteiger partial charge in [-0.05, 0) is 42.5 Å². The molecule has 1 aromatic carbocycles. The minimum atomic E-state index is -0.201. The van der Waals surface area contributed by atoms with E-state index >= 15 is 0 Å². The summed E-state index contributed by atoms with van der Waals surface area (Å²) in [6.07, 6.45) is 10.2. The summed E-state index contributed by atoms with van der Waals surface area (Å²) < 4.78 is 5.26. The van der Waals surface area contributed by atoms with Gasteiger partial charge >= 0.3 is 0 Å². The molecule has 38 heavy (non-hydrogen) atoms. The molecule has 0 saturated carbocycles. The van der Waals surface area contributed by atoms with E-state index in [2.05, 4.69) is 35.5 Å². The third-order valence-electron chi connectivity index (χ3n) is 6.37. The van der Waals surface area contributed by atoms with Gasteiger partial charge in [0.2, 0.25) is 0 Å². The van der Waals surface area contributed by atoms with Crippen LogP contribution < -0.4 is 5.32 Å². The van der Waals surface area contributed by atoms with Crippen LogP contribution in [0.25, 0.3) is 55.7 Å². The topological polar surface area (TPSA) is 125 Å². The first-order valence-corrected chi connectivity index (χ1v) is 11.9. The number of pyridine rings is 3. The van der Waals surface area contributed by atoms with Crippen LogP contribution in [0.3, 0.4) is 0 Å². The van der Waals surface area contributed by atoms with Crippen LogP contribution in [0.2, 0.25) is 0 Å². The van der Waals surface area contributed by atoms with Crippen molar-refractivity contribution in [2.45, 2.75) is 0 Å². The summed E-state index contributed by atoms with van der Waals surface area (Å²) in [5.74, 6) is -0.201. The third-order valence-corrected chi connectivity index (χ3v) is 6.37. The van der Waals surface area contributed by atoms with E-state index in [9.17, 15) is 4.79 Å². The number of aromatic nitrogens is 6. The van der Waals surface area contributed by atoms with E-state index in [1.807, 2.05) is 48.5 Å². The van der Waals surface area contributed by atoms with E-state index in [-0.39, 0.29) is 5.91 Å². The van der Waals surface area contributed by atoms with Crippen molar-refractivity contribution < 1.29 is 9.21 Å². The van der Waals surface area contributed by atoms with Gasteiger partial charge in [0.1, 0.15) is 5.69 Å². The Morgan fingerprint density at radius 1 is 0.842 bits per heavy atom. The standard InChI is InChI=1S/C29H19N7O2/c37-29(17-4-2-1-3-5-17)33-20-10-19(13-30-14-20)24-11-22-26(15-32-24)35-36-28(22)25-12-21-23(34-25)6-8-31-27(21)18-7-9-38-16-18/h1-16,34H,(H,33,37)(H,35,36). The average Bonchev–Trinajstić information content (AvgIpc) is 3.73. The van der Waals surface area contributed by atoms with E-state index in [0.717, 1.165) is 50.0 Å². The summed E-state index contributed by atoms with van der Waals surface area (Å²) in [4.78, 5) is 29.5. The lowest BCUT2D eigenvalue weighted by Crippen LogP contribution is -2.11. The molecule has 0 aliphatic heterocycles. The molecule has 3 N–H and O–H groups in total. The number of fused-ring (bicyclic) bond motifs is 2. The molecule has 0 radical (unpaired) electrons. The summed E-state index contributed by atoms with van der Waals surface area (Å²) in [5.41, 5.74) is 7.74. The Kier molecular flexibility index (Phi) is 5.04. The third kappa shape index (κ3) is 3.79. The van der Waals surface area contributed by atoms with Gasteiger partial charge in [-0.2, -0.15) is 5.10 Å². The predicted molar refractivity (Wildman–Crippen MR) is 144 cm³/mol. The largest absolute Gasteiger partial charge is 0.472 e. The Morgan fingerprint density at radius 2 is 1.74 bits per heavy atom. The van der Waals surface area contributed by atoms with Crippen molar-refractivity contribution in [1.82, 2.24) is 30.1 Å². The molecule has 0 unspecified atom stereocenters. The Balaban J connectivity index is 1.25. The van der Waals surface area contributed by atoms with Crippen LogP contribution in [-0.4, -0.2) is 36.0 Å². The van der Waals surface area contributed by atoms with Gasteiger partial charge in [0.25, 0.3) is 5.91 Å². The highest BCUT2D eigenvalue weighted by Crippen LogP contribution is 2.34. The van der Waals surface area contributed by atoms with Crippen molar-refractivity contribution in [2.75, 3.05) is 5.32 Å².